The van der Waals surface area contributed by atoms with Crippen molar-refractivity contribution >= 4 is 43.6 Å². The summed E-state index contributed by atoms with van der Waals surface area (Å²) in [5, 5.41) is 4.93. The van der Waals surface area contributed by atoms with Crippen LogP contribution in [0.5, 0.6) is 0 Å². The number of furan rings is 1. The number of aromatic amines is 2. The minimum absolute atomic E-state index is 0.0419. The number of aromatic nitrogens is 2. The molecule has 3 nitrogen and oxygen atoms in total. The minimum Gasteiger partial charge on any atom is -0.456 e. The molecule has 0 aliphatic carbocycles. The number of hydrogen-bond acceptors (Lipinski definition) is 1. The second kappa shape index (κ2) is 15.4. The van der Waals surface area contributed by atoms with E-state index in [1.807, 2.05) is 0 Å². The number of hydrogen-bond donors (Lipinski definition) is 2. The molecule has 6 aromatic carbocycles. The second-order valence-electron chi connectivity index (χ2n) is 25.9. The van der Waals surface area contributed by atoms with Gasteiger partial charge in [-0.2, -0.15) is 0 Å². The Kier molecular flexibility index (Phi) is 10.6. The maximum absolute atomic E-state index is 7.24. The van der Waals surface area contributed by atoms with E-state index in [9.17, 15) is 0 Å². The molecule has 9 aromatic rings. The van der Waals surface area contributed by atoms with Crippen LogP contribution in [0.25, 0.3) is 88.5 Å². The number of rotatable bonds is 4. The zero-order valence-electron chi connectivity index (χ0n) is 43.8. The van der Waals surface area contributed by atoms with E-state index >= 15 is 0 Å². The third-order valence-electron chi connectivity index (χ3n) is 14.4. The number of fused-ring (bicyclic) bond motifs is 6. The average molecular weight is 887 g/mol. The van der Waals surface area contributed by atoms with Gasteiger partial charge in [0, 0.05) is 43.8 Å². The maximum atomic E-state index is 7.24. The topological polar surface area (TPSA) is 44.7 Å². The Morgan fingerprint density at radius 1 is 0.269 bits per heavy atom. The molecule has 0 unspecified atom stereocenters. The van der Waals surface area contributed by atoms with Crippen molar-refractivity contribution in [2.24, 2.45) is 0 Å². The third kappa shape index (κ3) is 8.47. The van der Waals surface area contributed by atoms with E-state index < -0.39 is 0 Å². The van der Waals surface area contributed by atoms with Gasteiger partial charge in [0.2, 0.25) is 0 Å². The van der Waals surface area contributed by atoms with Crippen LogP contribution >= 0.6 is 0 Å². The molecule has 0 radical (unpaired) electrons. The summed E-state index contributed by atoms with van der Waals surface area (Å²) in [6.45, 7) is 41.5. The third-order valence-corrected chi connectivity index (χ3v) is 14.4. The molecule has 2 N–H and O–H groups in total. The molecule has 0 spiro atoms. The molecule has 0 fully saturated rings. The molecule has 3 aromatic heterocycles. The molecule has 3 heterocycles. The van der Waals surface area contributed by atoms with E-state index in [2.05, 4.69) is 244 Å². The van der Waals surface area contributed by atoms with E-state index in [4.69, 9.17) is 4.42 Å². The van der Waals surface area contributed by atoms with Crippen molar-refractivity contribution in [1.29, 1.82) is 0 Å². The van der Waals surface area contributed by atoms with Crippen molar-refractivity contribution in [1.82, 2.24) is 9.97 Å². The lowest BCUT2D eigenvalue weighted by atomic mass is 9.82. The van der Waals surface area contributed by atoms with Gasteiger partial charge in [0.15, 0.2) is 0 Å². The van der Waals surface area contributed by atoms with Crippen LogP contribution in [0, 0.1) is 0 Å². The van der Waals surface area contributed by atoms with E-state index in [1.165, 1.54) is 77.2 Å². The van der Waals surface area contributed by atoms with Crippen LogP contribution < -0.4 is 0 Å². The molecule has 346 valence electrons. The van der Waals surface area contributed by atoms with Gasteiger partial charge in [0.05, 0.1) is 22.1 Å². The van der Waals surface area contributed by atoms with E-state index in [0.29, 0.717) is 0 Å². The van der Waals surface area contributed by atoms with Crippen LogP contribution in [0.15, 0.2) is 114 Å². The SMILES string of the molecule is CC(C)(C)c1ccc(-c2cc(C(C)(C)C)cc3c2[nH]c2c(-c4ccc(-c5cc(C(C)(C)C)cc6c5[nH]c5c(-c7ccc(C(C)(C)C)cc7)cc(C(C)(C)C)cc56)o4)cc(C(C)(C)C)cc23)cc1. The van der Waals surface area contributed by atoms with Crippen LogP contribution in [0.1, 0.15) is 158 Å². The molecule has 0 bridgehead atoms. The zero-order valence-corrected chi connectivity index (χ0v) is 43.8. The van der Waals surface area contributed by atoms with Crippen molar-refractivity contribution in [2.75, 3.05) is 0 Å². The first-order valence-electron chi connectivity index (χ1n) is 24.6. The molecule has 0 saturated heterocycles. The Balaban J connectivity index is 1.29. The number of H-pyrrole nitrogens is 2. The van der Waals surface area contributed by atoms with Crippen molar-refractivity contribution in [3.63, 3.8) is 0 Å². The highest BCUT2D eigenvalue weighted by atomic mass is 16.3. The smallest absolute Gasteiger partial charge is 0.136 e. The molecule has 0 amide bonds. The van der Waals surface area contributed by atoms with Crippen molar-refractivity contribution in [3.8, 4) is 44.9 Å². The van der Waals surface area contributed by atoms with Crippen molar-refractivity contribution < 1.29 is 4.42 Å². The highest BCUT2D eigenvalue weighted by molar-refractivity contribution is 6.17. The van der Waals surface area contributed by atoms with Gasteiger partial charge in [-0.05, 0) is 138 Å². The van der Waals surface area contributed by atoms with E-state index in [0.717, 1.165) is 44.7 Å². The predicted molar refractivity (Wildman–Crippen MR) is 291 cm³/mol. The first-order chi connectivity index (χ1) is 31.0. The summed E-state index contributed by atoms with van der Waals surface area (Å²) < 4.78 is 7.24. The molecule has 0 atom stereocenters. The lowest BCUT2D eigenvalue weighted by molar-refractivity contribution is 0.585. The Morgan fingerprint density at radius 3 is 0.761 bits per heavy atom. The standard InChI is InChI=1S/C64H74N2O/c1-59(2,3)39-23-19-37(20-24-39)45-29-41(61(7,8)9)31-47-49-33-43(63(13,14)15)35-51(57(49)65-55(45)47)53-27-28-54(67-53)52-36-44(64(16,17)18)34-50-48-32-42(62(10,11)12)30-46(56(48)66-58(50)52)38-21-25-40(26-22-38)60(4,5)6/h19-36,65-66H,1-18H3. The second-order valence-corrected chi connectivity index (χ2v) is 25.9. The fourth-order valence-electron chi connectivity index (χ4n) is 9.71. The quantitative estimate of drug-likeness (QED) is 0.182. The fourth-order valence-corrected chi connectivity index (χ4v) is 9.71. The van der Waals surface area contributed by atoms with Gasteiger partial charge in [0.1, 0.15) is 11.5 Å². The minimum atomic E-state index is -0.0938. The molecule has 0 aliphatic rings. The van der Waals surface area contributed by atoms with E-state index in [-0.39, 0.29) is 32.5 Å². The number of nitrogens with one attached hydrogen (secondary N) is 2. The summed E-state index contributed by atoms with van der Waals surface area (Å²) in [6.07, 6.45) is 0. The molecule has 0 saturated carbocycles. The Labute approximate surface area is 400 Å². The van der Waals surface area contributed by atoms with E-state index in [1.54, 1.807) is 0 Å². The summed E-state index contributed by atoms with van der Waals surface area (Å²) in [6, 6.07) is 42.0. The largest absolute Gasteiger partial charge is 0.456 e. The summed E-state index contributed by atoms with van der Waals surface area (Å²) in [4.78, 5) is 8.05. The van der Waals surface area contributed by atoms with Gasteiger partial charge >= 0.3 is 0 Å². The maximum Gasteiger partial charge on any atom is 0.136 e. The first-order valence-corrected chi connectivity index (χ1v) is 24.6. The Hall–Kier alpha value is -5.80. The van der Waals surface area contributed by atoms with Gasteiger partial charge in [-0.1, -0.05) is 173 Å². The van der Waals surface area contributed by atoms with Gasteiger partial charge < -0.3 is 14.4 Å². The molecule has 9 rings (SSSR count). The van der Waals surface area contributed by atoms with Crippen LogP contribution in [0.2, 0.25) is 0 Å². The van der Waals surface area contributed by atoms with Gasteiger partial charge in [-0.25, -0.2) is 0 Å². The van der Waals surface area contributed by atoms with Crippen molar-refractivity contribution in [3.05, 3.63) is 143 Å². The molecular formula is C64H74N2O. The lowest BCUT2D eigenvalue weighted by Crippen LogP contribution is -2.11. The summed E-state index contributed by atoms with van der Waals surface area (Å²) in [7, 11) is 0. The molecular weight excluding hydrogens is 813 g/mol. The van der Waals surface area contributed by atoms with Crippen LogP contribution in [-0.4, -0.2) is 9.97 Å². The van der Waals surface area contributed by atoms with Crippen LogP contribution in [0.4, 0.5) is 0 Å². The van der Waals surface area contributed by atoms with Gasteiger partial charge in [-0.15, -0.1) is 0 Å². The van der Waals surface area contributed by atoms with Gasteiger partial charge in [0.25, 0.3) is 0 Å². The number of benzene rings is 6. The van der Waals surface area contributed by atoms with Crippen LogP contribution in [-0.2, 0) is 32.5 Å². The highest BCUT2D eigenvalue weighted by Crippen LogP contribution is 2.47. The Morgan fingerprint density at radius 2 is 0.507 bits per heavy atom. The monoisotopic (exact) mass is 887 g/mol. The molecule has 0 aliphatic heterocycles. The summed E-state index contributed by atoms with van der Waals surface area (Å²) in [5.41, 5.74) is 19.3. The first kappa shape index (κ1) is 46.3. The van der Waals surface area contributed by atoms with Gasteiger partial charge in [-0.3, -0.25) is 0 Å². The zero-order chi connectivity index (χ0) is 48.6. The van der Waals surface area contributed by atoms with Crippen LogP contribution in [0.3, 0.4) is 0 Å². The summed E-state index contributed by atoms with van der Waals surface area (Å²) >= 11 is 0. The predicted octanol–water partition coefficient (Wildman–Crippen LogP) is 19.0. The van der Waals surface area contributed by atoms with Crippen molar-refractivity contribution in [2.45, 2.75) is 157 Å². The normalized spacial score (nSPS) is 13.5. The molecule has 67 heavy (non-hydrogen) atoms. The summed E-state index contributed by atoms with van der Waals surface area (Å²) in [5.74, 6) is 1.70. The molecule has 3 heteroatoms. The Bertz CT molecular complexity index is 3130. The lowest BCUT2D eigenvalue weighted by Gasteiger charge is -2.22. The average Bonchev–Trinajstić information content (AvgIpc) is 3.97. The highest BCUT2D eigenvalue weighted by Gasteiger charge is 2.28. The fraction of sp³-hybridized carbons (Fsp3) is 0.375.